The minimum atomic E-state index is -0.286. The molecule has 0 aliphatic heterocycles. The van der Waals surface area contributed by atoms with Gasteiger partial charge >= 0.3 is 0 Å². The van der Waals surface area contributed by atoms with Crippen LogP contribution < -0.4 is 0 Å². The number of isocyanates is 1. The Morgan fingerprint density at radius 1 is 1.29 bits per heavy atom. The Morgan fingerprint density at radius 2 is 1.86 bits per heavy atom. The molecule has 0 N–H and O–H groups in total. The van der Waals surface area contributed by atoms with Crippen molar-refractivity contribution in [3.8, 4) is 0 Å². The van der Waals surface area contributed by atoms with E-state index in [0.717, 1.165) is 5.56 Å². The molecule has 1 rings (SSSR count). The van der Waals surface area contributed by atoms with E-state index in [0.29, 0.717) is 0 Å². The third-order valence-electron chi connectivity index (χ3n) is 2.03. The Kier molecular flexibility index (Phi) is 3.55. The number of aliphatic imine (C=N–C) groups is 1. The van der Waals surface area contributed by atoms with Crippen LogP contribution in [0.3, 0.4) is 0 Å². The highest BCUT2D eigenvalue weighted by molar-refractivity contribution is 5.35. The molecule has 1 unspecified atom stereocenters. The van der Waals surface area contributed by atoms with E-state index < -0.39 is 0 Å². The first-order valence-corrected chi connectivity index (χ1v) is 4.47. The quantitative estimate of drug-likeness (QED) is 0.536. The van der Waals surface area contributed by atoms with Gasteiger partial charge in [0.25, 0.3) is 0 Å². The predicted octanol–water partition coefficient (Wildman–Crippen LogP) is 2.86. The lowest BCUT2D eigenvalue weighted by atomic mass is 9.97. The van der Waals surface area contributed by atoms with E-state index in [1.807, 2.05) is 13.8 Å². The molecule has 0 amide bonds. The lowest BCUT2D eigenvalue weighted by Gasteiger charge is -2.14. The third kappa shape index (κ3) is 2.51. The fraction of sp³-hybridized carbons (Fsp3) is 0.364. The molecule has 0 fully saturated rings. The molecule has 3 heteroatoms. The molecule has 14 heavy (non-hydrogen) atoms. The highest BCUT2D eigenvalue weighted by Gasteiger charge is 2.14. The van der Waals surface area contributed by atoms with Crippen LogP contribution in [0.25, 0.3) is 0 Å². The van der Waals surface area contributed by atoms with E-state index in [-0.39, 0.29) is 17.8 Å². The van der Waals surface area contributed by atoms with Crippen LogP contribution in [-0.2, 0) is 4.79 Å². The van der Waals surface area contributed by atoms with E-state index >= 15 is 0 Å². The second kappa shape index (κ2) is 4.68. The van der Waals surface area contributed by atoms with E-state index in [1.54, 1.807) is 18.2 Å². The van der Waals surface area contributed by atoms with Crippen LogP contribution >= 0.6 is 0 Å². The lowest BCUT2D eigenvalue weighted by Crippen LogP contribution is -2.03. The van der Waals surface area contributed by atoms with Crippen LogP contribution in [0.5, 0.6) is 0 Å². The Labute approximate surface area is 82.5 Å². The summed E-state index contributed by atoms with van der Waals surface area (Å²) in [6, 6.07) is 5.78. The molecule has 2 nitrogen and oxygen atoms in total. The normalized spacial score (nSPS) is 12.3. The van der Waals surface area contributed by atoms with Crippen molar-refractivity contribution in [2.24, 2.45) is 10.9 Å². The first-order valence-electron chi connectivity index (χ1n) is 4.47. The van der Waals surface area contributed by atoms with E-state index in [2.05, 4.69) is 4.99 Å². The molecule has 1 atom stereocenters. The summed E-state index contributed by atoms with van der Waals surface area (Å²) in [6.45, 7) is 3.91. The summed E-state index contributed by atoms with van der Waals surface area (Å²) in [5.74, 6) is -0.0896. The maximum Gasteiger partial charge on any atom is 0.235 e. The van der Waals surface area contributed by atoms with Gasteiger partial charge in [-0.15, -0.1) is 0 Å². The SMILES string of the molecule is CC(C)C(N=C=O)c1ccc(F)cc1. The van der Waals surface area contributed by atoms with Crippen LogP contribution in [0.2, 0.25) is 0 Å². The topological polar surface area (TPSA) is 29.4 Å². The lowest BCUT2D eigenvalue weighted by molar-refractivity contribution is 0.501. The average Bonchev–Trinajstić information content (AvgIpc) is 2.15. The molecule has 74 valence electrons. The van der Waals surface area contributed by atoms with Gasteiger partial charge in [-0.1, -0.05) is 26.0 Å². The van der Waals surface area contributed by atoms with Crippen molar-refractivity contribution in [1.82, 2.24) is 0 Å². The zero-order chi connectivity index (χ0) is 10.6. The number of nitrogens with zero attached hydrogens (tertiary/aromatic N) is 1. The van der Waals surface area contributed by atoms with Gasteiger partial charge < -0.3 is 0 Å². The predicted molar refractivity (Wildman–Crippen MR) is 52.1 cm³/mol. The highest BCUT2D eigenvalue weighted by Crippen LogP contribution is 2.25. The summed E-state index contributed by atoms with van der Waals surface area (Å²) in [6.07, 6.45) is 1.54. The second-order valence-electron chi connectivity index (χ2n) is 3.46. The molecule has 1 aromatic rings. The zero-order valence-electron chi connectivity index (χ0n) is 8.20. The van der Waals surface area contributed by atoms with Crippen LogP contribution in [-0.4, -0.2) is 6.08 Å². The molecule has 0 aliphatic rings. The van der Waals surface area contributed by atoms with Crippen molar-refractivity contribution in [3.05, 3.63) is 35.6 Å². The van der Waals surface area contributed by atoms with E-state index in [1.165, 1.54) is 12.1 Å². The van der Waals surface area contributed by atoms with Gasteiger partial charge in [0.15, 0.2) is 0 Å². The minimum Gasteiger partial charge on any atom is -0.211 e. The number of halogens is 1. The number of hydrogen-bond acceptors (Lipinski definition) is 2. The summed E-state index contributed by atoms with van der Waals surface area (Å²) in [7, 11) is 0. The van der Waals surface area contributed by atoms with Crippen molar-refractivity contribution >= 4 is 6.08 Å². The molecule has 0 spiro atoms. The Morgan fingerprint density at radius 3 is 2.29 bits per heavy atom. The molecule has 0 radical (unpaired) electrons. The fourth-order valence-corrected chi connectivity index (χ4v) is 1.33. The Hall–Kier alpha value is -1.47. The Balaban J connectivity index is 2.99. The third-order valence-corrected chi connectivity index (χ3v) is 2.03. The molecule has 0 bridgehead atoms. The van der Waals surface area contributed by atoms with Crippen molar-refractivity contribution in [1.29, 1.82) is 0 Å². The molecule has 1 aromatic carbocycles. The van der Waals surface area contributed by atoms with Crippen LogP contribution in [0, 0.1) is 11.7 Å². The van der Waals surface area contributed by atoms with E-state index in [4.69, 9.17) is 0 Å². The van der Waals surface area contributed by atoms with Crippen LogP contribution in [0.15, 0.2) is 29.3 Å². The molecular weight excluding hydrogens is 181 g/mol. The van der Waals surface area contributed by atoms with Crippen molar-refractivity contribution < 1.29 is 9.18 Å². The molecule has 0 saturated heterocycles. The maximum atomic E-state index is 12.6. The first kappa shape index (κ1) is 10.6. The van der Waals surface area contributed by atoms with E-state index in [9.17, 15) is 9.18 Å². The monoisotopic (exact) mass is 193 g/mol. The van der Waals surface area contributed by atoms with Gasteiger partial charge in [-0.2, -0.15) is 4.99 Å². The fourth-order valence-electron chi connectivity index (χ4n) is 1.33. The largest absolute Gasteiger partial charge is 0.235 e. The van der Waals surface area contributed by atoms with Crippen LogP contribution in [0.4, 0.5) is 4.39 Å². The number of hydrogen-bond donors (Lipinski definition) is 0. The van der Waals surface area contributed by atoms with Crippen molar-refractivity contribution in [2.75, 3.05) is 0 Å². The zero-order valence-corrected chi connectivity index (χ0v) is 8.20. The number of carbonyl (C=O) groups excluding carboxylic acids is 1. The molecule has 0 heterocycles. The number of benzene rings is 1. The standard InChI is InChI=1S/C11H12FNO/c1-8(2)11(13-7-14)9-3-5-10(12)6-4-9/h3-6,8,11H,1-2H3. The van der Waals surface area contributed by atoms with Gasteiger partial charge in [-0.25, -0.2) is 9.18 Å². The molecule has 0 aliphatic carbocycles. The summed E-state index contributed by atoms with van der Waals surface area (Å²) < 4.78 is 12.6. The van der Waals surface area contributed by atoms with Gasteiger partial charge in [0.05, 0.1) is 6.04 Å². The summed E-state index contributed by atoms with van der Waals surface area (Å²) in [5.41, 5.74) is 0.838. The van der Waals surface area contributed by atoms with Gasteiger partial charge in [-0.05, 0) is 23.6 Å². The second-order valence-corrected chi connectivity index (χ2v) is 3.46. The molecule has 0 saturated carbocycles. The van der Waals surface area contributed by atoms with Crippen LogP contribution in [0.1, 0.15) is 25.5 Å². The van der Waals surface area contributed by atoms with Crippen molar-refractivity contribution in [2.45, 2.75) is 19.9 Å². The van der Waals surface area contributed by atoms with Gasteiger partial charge in [0.2, 0.25) is 6.08 Å². The summed E-state index contributed by atoms with van der Waals surface area (Å²) >= 11 is 0. The minimum absolute atomic E-state index is 0.196. The molecular formula is C11H12FNO. The van der Waals surface area contributed by atoms with Gasteiger partial charge in [-0.3, -0.25) is 0 Å². The molecule has 0 aromatic heterocycles. The van der Waals surface area contributed by atoms with Gasteiger partial charge in [0.1, 0.15) is 5.82 Å². The first-order chi connectivity index (χ1) is 6.65. The summed E-state index contributed by atoms with van der Waals surface area (Å²) in [5, 5.41) is 0. The highest BCUT2D eigenvalue weighted by atomic mass is 19.1. The smallest absolute Gasteiger partial charge is 0.211 e. The maximum absolute atomic E-state index is 12.6. The number of rotatable bonds is 3. The average molecular weight is 193 g/mol. The summed E-state index contributed by atoms with van der Waals surface area (Å²) in [4.78, 5) is 13.9. The van der Waals surface area contributed by atoms with Crippen molar-refractivity contribution in [3.63, 3.8) is 0 Å². The Bertz CT molecular complexity index is 339. The van der Waals surface area contributed by atoms with Gasteiger partial charge in [0, 0.05) is 0 Å².